The van der Waals surface area contributed by atoms with Gasteiger partial charge < -0.3 is 4.57 Å². The van der Waals surface area contributed by atoms with Gasteiger partial charge in [-0.15, -0.1) is 0 Å². The number of ketones is 1. The molecule has 0 atom stereocenters. The summed E-state index contributed by atoms with van der Waals surface area (Å²) in [7, 11) is 0. The van der Waals surface area contributed by atoms with E-state index in [9.17, 15) is 4.79 Å². The van der Waals surface area contributed by atoms with Gasteiger partial charge in [0, 0.05) is 18.0 Å². The van der Waals surface area contributed by atoms with E-state index in [0.29, 0.717) is 11.4 Å². The Bertz CT molecular complexity index is 1010. The molecule has 4 rings (SSSR count). The highest BCUT2D eigenvalue weighted by Crippen LogP contribution is 2.26. The molecule has 0 unspecified atom stereocenters. The maximum Gasteiger partial charge on any atom is 0.231 e. The number of imidazole rings is 1. The van der Waals surface area contributed by atoms with Crippen LogP contribution in [0.1, 0.15) is 16.2 Å². The van der Waals surface area contributed by atoms with E-state index in [1.807, 2.05) is 41.0 Å². The fourth-order valence-corrected chi connectivity index (χ4v) is 2.76. The van der Waals surface area contributed by atoms with E-state index >= 15 is 0 Å². The number of hydrogen-bond donors (Lipinski definition) is 0. The average Bonchev–Trinajstić information content (AvgIpc) is 3.19. The molecule has 4 nitrogen and oxygen atoms in total. The molecule has 0 radical (unpaired) electrons. The Morgan fingerprint density at radius 3 is 2.32 bits per heavy atom. The van der Waals surface area contributed by atoms with Crippen LogP contribution in [-0.4, -0.2) is 20.3 Å². The van der Waals surface area contributed by atoms with Gasteiger partial charge in [-0.05, 0) is 23.8 Å². The lowest BCUT2D eigenvalue weighted by atomic mass is 10.0. The van der Waals surface area contributed by atoms with Crippen LogP contribution >= 0.6 is 0 Å². The van der Waals surface area contributed by atoms with Gasteiger partial charge in [0.05, 0.1) is 5.69 Å². The van der Waals surface area contributed by atoms with Crippen molar-refractivity contribution in [3.63, 3.8) is 0 Å². The van der Waals surface area contributed by atoms with E-state index in [-0.39, 0.29) is 5.78 Å². The summed E-state index contributed by atoms with van der Waals surface area (Å²) in [4.78, 5) is 20.9. The van der Waals surface area contributed by atoms with Crippen LogP contribution in [0.25, 0.3) is 16.8 Å². The molecule has 4 heteroatoms. The molecule has 2 aromatic heterocycles. The fraction of sp³-hybridized carbons (Fsp3) is 0. The van der Waals surface area contributed by atoms with Crippen molar-refractivity contribution in [2.75, 3.05) is 0 Å². The second-order valence-electron chi connectivity index (χ2n) is 5.59. The molecular weight excluding hydrogens is 310 g/mol. The molecule has 0 aliphatic heterocycles. The maximum absolute atomic E-state index is 12.5. The summed E-state index contributed by atoms with van der Waals surface area (Å²) in [5.74, 6) is -0.184. The Balaban J connectivity index is 1.73. The molecule has 2 aromatic carbocycles. The highest BCUT2D eigenvalue weighted by molar-refractivity contribution is 6.06. The van der Waals surface area contributed by atoms with Gasteiger partial charge in [0.25, 0.3) is 0 Å². The molecule has 0 aliphatic rings. The lowest BCUT2D eigenvalue weighted by Gasteiger charge is -2.10. The first-order valence-corrected chi connectivity index (χ1v) is 7.97. The molecule has 120 valence electrons. The molecule has 0 bridgehead atoms. The minimum absolute atomic E-state index is 0.184. The number of benzene rings is 2. The molecule has 25 heavy (non-hydrogen) atoms. The summed E-state index contributed by atoms with van der Waals surface area (Å²) in [6.07, 6.45) is 5.02. The van der Waals surface area contributed by atoms with Crippen LogP contribution in [0.2, 0.25) is 0 Å². The van der Waals surface area contributed by atoms with Gasteiger partial charge >= 0.3 is 0 Å². The van der Waals surface area contributed by atoms with Crippen LogP contribution in [0.5, 0.6) is 0 Å². The van der Waals surface area contributed by atoms with Crippen molar-refractivity contribution in [2.45, 2.75) is 0 Å². The third-order valence-corrected chi connectivity index (χ3v) is 3.98. The number of nitrogens with zero attached hydrogens (tertiary/aromatic N) is 3. The minimum atomic E-state index is -0.184. The summed E-state index contributed by atoms with van der Waals surface area (Å²) < 4.78 is 1.87. The van der Waals surface area contributed by atoms with E-state index in [1.165, 1.54) is 0 Å². The topological polar surface area (TPSA) is 47.8 Å². The zero-order chi connectivity index (χ0) is 17.1. The van der Waals surface area contributed by atoms with Crippen LogP contribution < -0.4 is 0 Å². The van der Waals surface area contributed by atoms with Crippen molar-refractivity contribution >= 4 is 5.78 Å². The van der Waals surface area contributed by atoms with Crippen LogP contribution in [0.3, 0.4) is 0 Å². The molecule has 0 N–H and O–H groups in total. The van der Waals surface area contributed by atoms with Crippen molar-refractivity contribution in [1.82, 2.24) is 14.5 Å². The fourth-order valence-electron chi connectivity index (χ4n) is 2.76. The van der Waals surface area contributed by atoms with Crippen molar-refractivity contribution in [3.05, 3.63) is 103 Å². The van der Waals surface area contributed by atoms with E-state index in [0.717, 1.165) is 16.8 Å². The van der Waals surface area contributed by atoms with Gasteiger partial charge in [-0.3, -0.25) is 9.78 Å². The predicted octanol–water partition coefficient (Wildman–Crippen LogP) is 4.17. The van der Waals surface area contributed by atoms with Gasteiger partial charge in [0.1, 0.15) is 17.7 Å². The van der Waals surface area contributed by atoms with Crippen LogP contribution in [0.15, 0.2) is 91.5 Å². The highest BCUT2D eigenvalue weighted by atomic mass is 16.1. The average molecular weight is 325 g/mol. The predicted molar refractivity (Wildman–Crippen MR) is 96.7 cm³/mol. The van der Waals surface area contributed by atoms with Gasteiger partial charge in [0.15, 0.2) is 0 Å². The van der Waals surface area contributed by atoms with Crippen molar-refractivity contribution < 1.29 is 4.79 Å². The standard InChI is InChI=1S/C21H15N3O/c25-21(18-11-6-7-13-22-18)19-14-24(15-23-19)20-12-5-4-10-17(20)16-8-2-1-3-9-16/h1-15H. The van der Waals surface area contributed by atoms with Gasteiger partial charge in [-0.25, -0.2) is 4.98 Å². The first-order chi connectivity index (χ1) is 12.3. The molecule has 0 saturated heterocycles. The van der Waals surface area contributed by atoms with Crippen LogP contribution in [0, 0.1) is 0 Å². The van der Waals surface area contributed by atoms with Gasteiger partial charge in [-0.1, -0.05) is 54.6 Å². The molecule has 0 fully saturated rings. The zero-order valence-electron chi connectivity index (χ0n) is 13.4. The smallest absolute Gasteiger partial charge is 0.231 e. The lowest BCUT2D eigenvalue weighted by molar-refractivity contribution is 0.103. The van der Waals surface area contributed by atoms with Crippen molar-refractivity contribution in [1.29, 1.82) is 0 Å². The summed E-state index contributed by atoms with van der Waals surface area (Å²) in [5.41, 5.74) is 3.94. The number of aromatic nitrogens is 3. The molecule has 4 aromatic rings. The summed E-state index contributed by atoms with van der Waals surface area (Å²) in [5, 5.41) is 0. The SMILES string of the molecule is O=C(c1ccccn1)c1cn(-c2ccccc2-c2ccccc2)cn1. The van der Waals surface area contributed by atoms with E-state index < -0.39 is 0 Å². The molecule has 0 spiro atoms. The largest absolute Gasteiger partial charge is 0.305 e. The van der Waals surface area contributed by atoms with Gasteiger partial charge in [-0.2, -0.15) is 0 Å². The third-order valence-electron chi connectivity index (χ3n) is 3.98. The molecule has 0 amide bonds. The van der Waals surface area contributed by atoms with Crippen LogP contribution in [0.4, 0.5) is 0 Å². The van der Waals surface area contributed by atoms with E-state index in [4.69, 9.17) is 0 Å². The molecule has 0 saturated carbocycles. The third kappa shape index (κ3) is 2.97. The first kappa shape index (κ1) is 15.0. The highest BCUT2D eigenvalue weighted by Gasteiger charge is 2.14. The number of rotatable bonds is 4. The second-order valence-corrected chi connectivity index (χ2v) is 5.59. The Morgan fingerprint density at radius 2 is 1.52 bits per heavy atom. The molecular formula is C21H15N3O. The second kappa shape index (κ2) is 6.53. The van der Waals surface area contributed by atoms with Crippen molar-refractivity contribution in [3.8, 4) is 16.8 Å². The molecule has 0 aliphatic carbocycles. The summed E-state index contributed by atoms with van der Waals surface area (Å²) in [6.45, 7) is 0. The van der Waals surface area contributed by atoms with E-state index in [1.54, 1.807) is 36.9 Å². The lowest BCUT2D eigenvalue weighted by Crippen LogP contribution is -2.03. The Kier molecular flexibility index (Phi) is 3.92. The zero-order valence-corrected chi connectivity index (χ0v) is 13.4. The Hall–Kier alpha value is -3.53. The van der Waals surface area contributed by atoms with E-state index in [2.05, 4.69) is 28.2 Å². The van der Waals surface area contributed by atoms with Gasteiger partial charge in [0.2, 0.25) is 5.78 Å². The minimum Gasteiger partial charge on any atom is -0.305 e. The Labute approximate surface area is 145 Å². The summed E-state index contributed by atoms with van der Waals surface area (Å²) in [6, 6.07) is 23.5. The number of pyridine rings is 1. The number of para-hydroxylation sites is 1. The normalized spacial score (nSPS) is 10.6. The quantitative estimate of drug-likeness (QED) is 0.529. The Morgan fingerprint density at radius 1 is 0.760 bits per heavy atom. The summed E-state index contributed by atoms with van der Waals surface area (Å²) >= 11 is 0. The van der Waals surface area contributed by atoms with Crippen LogP contribution in [-0.2, 0) is 0 Å². The maximum atomic E-state index is 12.5. The molecule has 2 heterocycles. The number of hydrogen-bond acceptors (Lipinski definition) is 3. The monoisotopic (exact) mass is 325 g/mol. The number of carbonyl (C=O) groups excluding carboxylic acids is 1. The van der Waals surface area contributed by atoms with Crippen molar-refractivity contribution in [2.24, 2.45) is 0 Å². The first-order valence-electron chi connectivity index (χ1n) is 7.97. The number of carbonyl (C=O) groups is 1.